The van der Waals surface area contributed by atoms with Crippen molar-refractivity contribution in [1.29, 1.82) is 0 Å². The minimum Gasteiger partial charge on any atom is -0.373 e. The van der Waals surface area contributed by atoms with E-state index in [9.17, 15) is 4.79 Å². The van der Waals surface area contributed by atoms with Crippen LogP contribution in [0.5, 0.6) is 0 Å². The molecule has 1 saturated heterocycles. The minimum absolute atomic E-state index is 0.00255. The Kier molecular flexibility index (Phi) is 3.52. The first-order chi connectivity index (χ1) is 6.26. The Morgan fingerprint density at radius 1 is 1.62 bits per heavy atom. The van der Waals surface area contributed by atoms with Crippen molar-refractivity contribution in [3.63, 3.8) is 0 Å². The summed E-state index contributed by atoms with van der Waals surface area (Å²) in [5.74, 6) is -0.150. The fourth-order valence-electron chi connectivity index (χ4n) is 1.27. The van der Waals surface area contributed by atoms with Gasteiger partial charge in [0.2, 0.25) is 5.91 Å². The van der Waals surface area contributed by atoms with Crippen molar-refractivity contribution < 1.29 is 4.79 Å². The third-order valence-electron chi connectivity index (χ3n) is 1.97. The zero-order valence-electron chi connectivity index (χ0n) is 7.62. The molecule has 0 radical (unpaired) electrons. The molecule has 1 amide bonds. The number of amides is 1. The van der Waals surface area contributed by atoms with E-state index in [1.807, 2.05) is 0 Å². The van der Waals surface area contributed by atoms with Crippen molar-refractivity contribution in [2.45, 2.75) is 6.17 Å². The number of carbonyl (C=O) groups excluding carboxylic acids is 1. The lowest BCUT2D eigenvalue weighted by Gasteiger charge is -2.32. The van der Waals surface area contributed by atoms with E-state index in [1.165, 1.54) is 6.08 Å². The largest absolute Gasteiger partial charge is 0.373 e. The molecule has 0 aromatic rings. The standard InChI is InChI=1S/C9H15N3O/c1-3-9(13)11-8-7-12(4-2)6-5-10-8/h3-4,8,10H,1-2,5-7H2,(H,11,13). The van der Waals surface area contributed by atoms with Crippen LogP contribution in [-0.2, 0) is 4.79 Å². The molecule has 0 spiro atoms. The van der Waals surface area contributed by atoms with Gasteiger partial charge in [0.05, 0.1) is 12.7 Å². The van der Waals surface area contributed by atoms with Crippen LogP contribution in [0.2, 0.25) is 0 Å². The summed E-state index contributed by atoms with van der Waals surface area (Å²) in [5, 5.41) is 5.95. The summed E-state index contributed by atoms with van der Waals surface area (Å²) in [5.41, 5.74) is 0. The molecule has 4 nitrogen and oxygen atoms in total. The normalized spacial score (nSPS) is 22.2. The molecular formula is C9H15N3O. The lowest BCUT2D eigenvalue weighted by Crippen LogP contribution is -2.56. The second-order valence-electron chi connectivity index (χ2n) is 2.90. The smallest absolute Gasteiger partial charge is 0.244 e. The first-order valence-corrected chi connectivity index (χ1v) is 4.29. The van der Waals surface area contributed by atoms with Gasteiger partial charge in [-0.1, -0.05) is 13.2 Å². The number of hydrogen-bond donors (Lipinski definition) is 2. The van der Waals surface area contributed by atoms with Crippen molar-refractivity contribution in [3.8, 4) is 0 Å². The molecule has 1 fully saturated rings. The Labute approximate surface area is 78.3 Å². The molecule has 0 saturated carbocycles. The number of nitrogens with one attached hydrogen (secondary N) is 2. The van der Waals surface area contributed by atoms with Crippen molar-refractivity contribution in [2.75, 3.05) is 19.6 Å². The van der Waals surface area contributed by atoms with E-state index < -0.39 is 0 Å². The quantitative estimate of drug-likeness (QED) is 0.586. The number of piperazine rings is 1. The number of rotatable bonds is 3. The van der Waals surface area contributed by atoms with Crippen LogP contribution in [0.3, 0.4) is 0 Å². The first kappa shape index (κ1) is 9.80. The van der Waals surface area contributed by atoms with Crippen molar-refractivity contribution in [1.82, 2.24) is 15.5 Å². The van der Waals surface area contributed by atoms with Gasteiger partial charge in [-0.05, 0) is 12.3 Å². The van der Waals surface area contributed by atoms with E-state index in [1.54, 1.807) is 6.20 Å². The van der Waals surface area contributed by atoms with Crippen LogP contribution in [-0.4, -0.2) is 36.6 Å². The molecule has 0 aliphatic carbocycles. The van der Waals surface area contributed by atoms with Crippen LogP contribution in [0, 0.1) is 0 Å². The van der Waals surface area contributed by atoms with E-state index in [2.05, 4.69) is 28.7 Å². The maximum absolute atomic E-state index is 11.0. The molecule has 1 unspecified atom stereocenters. The van der Waals surface area contributed by atoms with Crippen LogP contribution in [0.4, 0.5) is 0 Å². The van der Waals surface area contributed by atoms with Crippen molar-refractivity contribution in [2.24, 2.45) is 0 Å². The van der Waals surface area contributed by atoms with Gasteiger partial charge < -0.3 is 10.2 Å². The predicted octanol–water partition coefficient (Wildman–Crippen LogP) is -0.337. The van der Waals surface area contributed by atoms with Gasteiger partial charge in [0.15, 0.2) is 0 Å². The van der Waals surface area contributed by atoms with E-state index in [0.717, 1.165) is 19.6 Å². The zero-order chi connectivity index (χ0) is 9.68. The molecule has 1 rings (SSSR count). The van der Waals surface area contributed by atoms with Crippen molar-refractivity contribution in [3.05, 3.63) is 25.4 Å². The molecule has 1 aliphatic rings. The number of nitrogens with zero attached hydrogens (tertiary/aromatic N) is 1. The summed E-state index contributed by atoms with van der Waals surface area (Å²) in [7, 11) is 0. The van der Waals surface area contributed by atoms with E-state index in [-0.39, 0.29) is 12.1 Å². The maximum Gasteiger partial charge on any atom is 0.244 e. The fourth-order valence-corrected chi connectivity index (χ4v) is 1.27. The Balaban J connectivity index is 2.37. The molecule has 4 heteroatoms. The summed E-state index contributed by atoms with van der Waals surface area (Å²) >= 11 is 0. The van der Waals surface area contributed by atoms with Gasteiger partial charge in [-0.25, -0.2) is 0 Å². The highest BCUT2D eigenvalue weighted by Gasteiger charge is 2.16. The Morgan fingerprint density at radius 3 is 3.00 bits per heavy atom. The van der Waals surface area contributed by atoms with Crippen LogP contribution in [0.15, 0.2) is 25.4 Å². The molecule has 72 valence electrons. The Bertz CT molecular complexity index is 215. The summed E-state index contributed by atoms with van der Waals surface area (Å²) < 4.78 is 0. The van der Waals surface area contributed by atoms with Crippen LogP contribution in [0.25, 0.3) is 0 Å². The lowest BCUT2D eigenvalue weighted by atomic mass is 10.3. The van der Waals surface area contributed by atoms with E-state index >= 15 is 0 Å². The maximum atomic E-state index is 11.0. The fraction of sp³-hybridized carbons (Fsp3) is 0.444. The molecule has 0 aromatic heterocycles. The number of hydrogen-bond acceptors (Lipinski definition) is 3. The first-order valence-electron chi connectivity index (χ1n) is 4.29. The molecular weight excluding hydrogens is 166 g/mol. The molecule has 1 aliphatic heterocycles. The Hall–Kier alpha value is -1.29. The molecule has 1 atom stereocenters. The van der Waals surface area contributed by atoms with Crippen LogP contribution in [0.1, 0.15) is 0 Å². The Morgan fingerprint density at radius 2 is 2.38 bits per heavy atom. The molecule has 1 heterocycles. The van der Waals surface area contributed by atoms with Crippen molar-refractivity contribution >= 4 is 5.91 Å². The second kappa shape index (κ2) is 4.67. The highest BCUT2D eigenvalue weighted by atomic mass is 16.1. The lowest BCUT2D eigenvalue weighted by molar-refractivity contribution is -0.117. The van der Waals surface area contributed by atoms with Gasteiger partial charge >= 0.3 is 0 Å². The highest BCUT2D eigenvalue weighted by Crippen LogP contribution is 1.96. The van der Waals surface area contributed by atoms with E-state index in [4.69, 9.17) is 0 Å². The van der Waals surface area contributed by atoms with Gasteiger partial charge in [-0.3, -0.25) is 10.1 Å². The summed E-state index contributed by atoms with van der Waals surface area (Å²) in [6, 6.07) is 0. The monoisotopic (exact) mass is 181 g/mol. The zero-order valence-corrected chi connectivity index (χ0v) is 7.62. The molecule has 13 heavy (non-hydrogen) atoms. The highest BCUT2D eigenvalue weighted by molar-refractivity contribution is 5.87. The van der Waals surface area contributed by atoms with Gasteiger partial charge in [-0.2, -0.15) is 0 Å². The topological polar surface area (TPSA) is 44.4 Å². The number of carbonyl (C=O) groups is 1. The second-order valence-corrected chi connectivity index (χ2v) is 2.90. The van der Waals surface area contributed by atoms with Gasteiger partial charge in [-0.15, -0.1) is 0 Å². The SMILES string of the molecule is C=CC(=O)NC1CN(C=C)CCN1. The van der Waals surface area contributed by atoms with Crippen LogP contribution < -0.4 is 10.6 Å². The van der Waals surface area contributed by atoms with Gasteiger partial charge in [0.1, 0.15) is 0 Å². The molecule has 2 N–H and O–H groups in total. The third kappa shape index (κ3) is 2.91. The summed E-state index contributed by atoms with van der Waals surface area (Å²) in [6.45, 7) is 9.62. The van der Waals surface area contributed by atoms with Gasteiger partial charge in [0, 0.05) is 13.1 Å². The van der Waals surface area contributed by atoms with Crippen LogP contribution >= 0.6 is 0 Å². The molecule has 0 bridgehead atoms. The average Bonchev–Trinajstić information content (AvgIpc) is 2.18. The third-order valence-corrected chi connectivity index (χ3v) is 1.97. The van der Waals surface area contributed by atoms with E-state index in [0.29, 0.717) is 0 Å². The summed E-state index contributed by atoms with van der Waals surface area (Å²) in [6.07, 6.45) is 3.06. The summed E-state index contributed by atoms with van der Waals surface area (Å²) in [4.78, 5) is 13.0. The molecule has 0 aromatic carbocycles. The predicted molar refractivity (Wildman–Crippen MR) is 51.9 cm³/mol. The average molecular weight is 181 g/mol. The van der Waals surface area contributed by atoms with Gasteiger partial charge in [0.25, 0.3) is 0 Å². The minimum atomic E-state index is -0.150.